The van der Waals surface area contributed by atoms with E-state index in [0.29, 0.717) is 5.92 Å². The number of hydrogen-bond donors (Lipinski definition) is 1. The molecule has 2 N–H and O–H groups in total. The molecule has 106 valence electrons. The smallest absolute Gasteiger partial charge is 0.119 e. The summed E-state index contributed by atoms with van der Waals surface area (Å²) >= 11 is 0. The van der Waals surface area contributed by atoms with Gasteiger partial charge in [0.1, 0.15) is 5.75 Å². The maximum absolute atomic E-state index is 6.54. The van der Waals surface area contributed by atoms with Gasteiger partial charge in [-0.3, -0.25) is 0 Å². The Labute approximate surface area is 120 Å². The van der Waals surface area contributed by atoms with Gasteiger partial charge in [-0.15, -0.1) is 0 Å². The molecule has 1 aliphatic carbocycles. The summed E-state index contributed by atoms with van der Waals surface area (Å²) < 4.78 is 5.35. The molecule has 3 rings (SSSR count). The van der Waals surface area contributed by atoms with E-state index < -0.39 is 0 Å². The number of rotatable bonds is 5. The second-order valence-corrected chi connectivity index (χ2v) is 6.10. The molecule has 1 aliphatic rings. The molecule has 1 fully saturated rings. The third-order valence-electron chi connectivity index (χ3n) is 4.62. The number of hydrogen-bond acceptors (Lipinski definition) is 2. The van der Waals surface area contributed by atoms with E-state index in [0.717, 1.165) is 12.2 Å². The Morgan fingerprint density at radius 3 is 2.90 bits per heavy atom. The summed E-state index contributed by atoms with van der Waals surface area (Å²) in [7, 11) is 1.71. The van der Waals surface area contributed by atoms with Crippen LogP contribution in [0.1, 0.15) is 31.7 Å². The zero-order chi connectivity index (χ0) is 14.2. The van der Waals surface area contributed by atoms with Crippen LogP contribution in [0.2, 0.25) is 0 Å². The molecule has 2 atom stereocenters. The molecule has 0 radical (unpaired) electrons. The number of methoxy groups -OCH3 is 1. The Balaban J connectivity index is 1.92. The van der Waals surface area contributed by atoms with Crippen molar-refractivity contribution in [1.82, 2.24) is 0 Å². The van der Waals surface area contributed by atoms with E-state index in [-0.39, 0.29) is 5.54 Å². The summed E-state index contributed by atoms with van der Waals surface area (Å²) in [6.07, 6.45) is 4.63. The van der Waals surface area contributed by atoms with Crippen molar-refractivity contribution in [3.8, 4) is 5.75 Å². The van der Waals surface area contributed by atoms with Crippen molar-refractivity contribution in [3.63, 3.8) is 0 Å². The van der Waals surface area contributed by atoms with E-state index in [4.69, 9.17) is 10.5 Å². The third kappa shape index (κ3) is 2.40. The van der Waals surface area contributed by atoms with E-state index >= 15 is 0 Å². The SMILES string of the molecule is CCCC1CC1(N)Cc1cccc2ccc(OC)cc12. The molecule has 2 heteroatoms. The van der Waals surface area contributed by atoms with Crippen LogP contribution in [-0.2, 0) is 6.42 Å². The van der Waals surface area contributed by atoms with Crippen molar-refractivity contribution in [1.29, 1.82) is 0 Å². The number of ether oxygens (including phenoxy) is 1. The summed E-state index contributed by atoms with van der Waals surface area (Å²) in [6, 6.07) is 12.8. The Bertz CT molecular complexity index is 622. The lowest BCUT2D eigenvalue weighted by Gasteiger charge is -2.14. The average Bonchev–Trinajstić information content (AvgIpc) is 3.09. The van der Waals surface area contributed by atoms with Crippen LogP contribution in [0.5, 0.6) is 5.75 Å². The lowest BCUT2D eigenvalue weighted by Crippen LogP contribution is -2.28. The molecule has 0 heterocycles. The standard InChI is InChI=1S/C18H23NO/c1-3-5-15-12-18(15,19)11-14-7-4-6-13-8-9-16(20-2)10-17(13)14/h4,6-10,15H,3,5,11-12,19H2,1-2H3. The highest BCUT2D eigenvalue weighted by atomic mass is 16.5. The topological polar surface area (TPSA) is 35.2 Å². The second kappa shape index (κ2) is 5.10. The zero-order valence-corrected chi connectivity index (χ0v) is 12.4. The summed E-state index contributed by atoms with van der Waals surface area (Å²) in [5, 5.41) is 2.54. The number of benzene rings is 2. The van der Waals surface area contributed by atoms with Gasteiger partial charge >= 0.3 is 0 Å². The predicted molar refractivity (Wildman–Crippen MR) is 84.1 cm³/mol. The maximum Gasteiger partial charge on any atom is 0.119 e. The van der Waals surface area contributed by atoms with Gasteiger partial charge < -0.3 is 10.5 Å². The van der Waals surface area contributed by atoms with Crippen LogP contribution in [0.25, 0.3) is 10.8 Å². The number of fused-ring (bicyclic) bond motifs is 1. The van der Waals surface area contributed by atoms with Gasteiger partial charge in [-0.2, -0.15) is 0 Å². The highest BCUT2D eigenvalue weighted by Gasteiger charge is 2.49. The van der Waals surface area contributed by atoms with Gasteiger partial charge in [-0.25, -0.2) is 0 Å². The van der Waals surface area contributed by atoms with Crippen molar-refractivity contribution in [2.45, 2.75) is 38.1 Å². The first-order valence-electron chi connectivity index (χ1n) is 7.51. The highest BCUT2D eigenvalue weighted by Crippen LogP contribution is 2.47. The first-order valence-corrected chi connectivity index (χ1v) is 7.51. The predicted octanol–water partition coefficient (Wildman–Crippen LogP) is 3.91. The summed E-state index contributed by atoms with van der Waals surface area (Å²) in [5.41, 5.74) is 7.91. The molecule has 2 nitrogen and oxygen atoms in total. The minimum Gasteiger partial charge on any atom is -0.497 e. The van der Waals surface area contributed by atoms with Crippen molar-refractivity contribution in [2.24, 2.45) is 11.7 Å². The monoisotopic (exact) mass is 269 g/mol. The first kappa shape index (κ1) is 13.4. The van der Waals surface area contributed by atoms with Crippen LogP contribution in [0.4, 0.5) is 0 Å². The summed E-state index contributed by atoms with van der Waals surface area (Å²) in [4.78, 5) is 0. The van der Waals surface area contributed by atoms with Gasteiger partial charge in [0.05, 0.1) is 7.11 Å². The van der Waals surface area contributed by atoms with Crippen LogP contribution in [0, 0.1) is 5.92 Å². The van der Waals surface area contributed by atoms with E-state index in [9.17, 15) is 0 Å². The Morgan fingerprint density at radius 2 is 2.15 bits per heavy atom. The molecule has 0 saturated heterocycles. The Hall–Kier alpha value is -1.54. The van der Waals surface area contributed by atoms with Crippen LogP contribution < -0.4 is 10.5 Å². The zero-order valence-electron chi connectivity index (χ0n) is 12.4. The van der Waals surface area contributed by atoms with Crippen molar-refractivity contribution in [2.75, 3.05) is 7.11 Å². The molecule has 1 saturated carbocycles. The van der Waals surface area contributed by atoms with Crippen LogP contribution in [0.15, 0.2) is 36.4 Å². The third-order valence-corrected chi connectivity index (χ3v) is 4.62. The van der Waals surface area contributed by atoms with Gasteiger partial charge in [-0.05, 0) is 53.6 Å². The molecule has 0 bridgehead atoms. The second-order valence-electron chi connectivity index (χ2n) is 6.10. The van der Waals surface area contributed by atoms with Gasteiger partial charge in [0, 0.05) is 5.54 Å². The van der Waals surface area contributed by atoms with Crippen LogP contribution >= 0.6 is 0 Å². The summed E-state index contributed by atoms with van der Waals surface area (Å²) in [6.45, 7) is 2.24. The Morgan fingerprint density at radius 1 is 1.30 bits per heavy atom. The van der Waals surface area contributed by atoms with Gasteiger partial charge in [0.25, 0.3) is 0 Å². The van der Waals surface area contributed by atoms with E-state index in [2.05, 4.69) is 37.3 Å². The summed E-state index contributed by atoms with van der Waals surface area (Å²) in [5.74, 6) is 1.62. The van der Waals surface area contributed by atoms with Crippen molar-refractivity contribution < 1.29 is 4.74 Å². The lowest BCUT2D eigenvalue weighted by atomic mass is 9.96. The first-order chi connectivity index (χ1) is 9.66. The van der Waals surface area contributed by atoms with Crippen molar-refractivity contribution >= 4 is 10.8 Å². The van der Waals surface area contributed by atoms with E-state index in [1.807, 2.05) is 6.07 Å². The van der Waals surface area contributed by atoms with E-state index in [1.54, 1.807) is 7.11 Å². The molecule has 0 amide bonds. The normalized spacial score (nSPS) is 24.9. The highest BCUT2D eigenvalue weighted by molar-refractivity contribution is 5.87. The quantitative estimate of drug-likeness (QED) is 0.893. The van der Waals surface area contributed by atoms with Crippen molar-refractivity contribution in [3.05, 3.63) is 42.0 Å². The molecule has 0 aromatic heterocycles. The van der Waals surface area contributed by atoms with Crippen LogP contribution in [-0.4, -0.2) is 12.6 Å². The largest absolute Gasteiger partial charge is 0.497 e. The molecule has 2 unspecified atom stereocenters. The lowest BCUT2D eigenvalue weighted by molar-refractivity contribution is 0.415. The fraction of sp³-hybridized carbons (Fsp3) is 0.444. The van der Waals surface area contributed by atoms with E-state index in [1.165, 1.54) is 35.6 Å². The minimum atomic E-state index is 0.0212. The van der Waals surface area contributed by atoms with Gasteiger partial charge in [0.15, 0.2) is 0 Å². The minimum absolute atomic E-state index is 0.0212. The average molecular weight is 269 g/mol. The molecular formula is C18H23NO. The molecular weight excluding hydrogens is 246 g/mol. The molecule has 2 aromatic carbocycles. The van der Waals surface area contributed by atoms with Crippen LogP contribution in [0.3, 0.4) is 0 Å². The maximum atomic E-state index is 6.54. The molecule has 0 spiro atoms. The molecule has 20 heavy (non-hydrogen) atoms. The Kier molecular flexibility index (Phi) is 3.43. The molecule has 2 aromatic rings. The van der Waals surface area contributed by atoms with Gasteiger partial charge in [0.2, 0.25) is 0 Å². The number of nitrogens with two attached hydrogens (primary N) is 1. The fourth-order valence-corrected chi connectivity index (χ4v) is 3.31. The fourth-order valence-electron chi connectivity index (χ4n) is 3.31. The molecule has 0 aliphatic heterocycles. The van der Waals surface area contributed by atoms with Gasteiger partial charge in [-0.1, -0.05) is 37.6 Å².